The molecule has 1 atom stereocenters. The smallest absolute Gasteiger partial charge is 0.165 e. The maximum Gasteiger partial charge on any atom is 0.165 e. The first-order valence-corrected chi connectivity index (χ1v) is 6.33. The molecule has 20 heavy (non-hydrogen) atoms. The van der Waals surface area contributed by atoms with Crippen molar-refractivity contribution in [2.24, 2.45) is 0 Å². The monoisotopic (exact) mass is 278 g/mol. The van der Waals surface area contributed by atoms with Crippen molar-refractivity contribution in [3.8, 4) is 5.75 Å². The highest BCUT2D eigenvalue weighted by molar-refractivity contribution is 5.38. The Bertz CT molecular complexity index is 609. The van der Waals surface area contributed by atoms with Crippen LogP contribution in [0, 0.1) is 18.6 Å². The third-order valence-electron chi connectivity index (χ3n) is 3.03. The largest absolute Gasteiger partial charge is 0.488 e. The van der Waals surface area contributed by atoms with E-state index < -0.39 is 17.7 Å². The van der Waals surface area contributed by atoms with E-state index in [4.69, 9.17) is 4.74 Å². The zero-order valence-corrected chi connectivity index (χ0v) is 11.4. The summed E-state index contributed by atoms with van der Waals surface area (Å²) < 4.78 is 32.2. The Hall–Kier alpha value is -1.94. The van der Waals surface area contributed by atoms with Crippen molar-refractivity contribution < 1.29 is 18.6 Å². The molecule has 0 radical (unpaired) electrons. The van der Waals surface area contributed by atoms with E-state index in [0.29, 0.717) is 11.3 Å². The number of aryl methyl sites for hydroxylation is 1. The standard InChI is InChI=1S/C16H16F2O2/c1-10-6-7-13(11(2)19)15(8-10)20-9-12-4-3-5-14(17)16(12)18/h3-8,11,19H,9H2,1-2H3. The number of halogens is 2. The molecular weight excluding hydrogens is 262 g/mol. The minimum absolute atomic E-state index is 0.0905. The fourth-order valence-electron chi connectivity index (χ4n) is 1.93. The van der Waals surface area contributed by atoms with Gasteiger partial charge in [-0.25, -0.2) is 8.78 Å². The predicted octanol–water partition coefficient (Wildman–Crippen LogP) is 3.91. The average molecular weight is 278 g/mol. The molecule has 0 aliphatic carbocycles. The summed E-state index contributed by atoms with van der Waals surface area (Å²) in [7, 11) is 0. The Balaban J connectivity index is 2.22. The Labute approximate surface area is 116 Å². The zero-order valence-electron chi connectivity index (χ0n) is 11.4. The summed E-state index contributed by atoms with van der Waals surface area (Å²) in [6.07, 6.45) is -0.692. The molecule has 4 heteroatoms. The molecule has 0 bridgehead atoms. The molecular formula is C16H16F2O2. The van der Waals surface area contributed by atoms with Crippen molar-refractivity contribution in [3.63, 3.8) is 0 Å². The Morgan fingerprint density at radius 1 is 1.20 bits per heavy atom. The Morgan fingerprint density at radius 3 is 2.65 bits per heavy atom. The molecule has 0 aliphatic rings. The highest BCUT2D eigenvalue weighted by Crippen LogP contribution is 2.27. The van der Waals surface area contributed by atoms with Crippen LogP contribution in [0.4, 0.5) is 8.78 Å². The van der Waals surface area contributed by atoms with E-state index in [2.05, 4.69) is 0 Å². The van der Waals surface area contributed by atoms with E-state index in [1.165, 1.54) is 12.1 Å². The van der Waals surface area contributed by atoms with Gasteiger partial charge in [-0.15, -0.1) is 0 Å². The average Bonchev–Trinajstić information content (AvgIpc) is 2.40. The maximum absolute atomic E-state index is 13.5. The summed E-state index contributed by atoms with van der Waals surface area (Å²) in [6.45, 7) is 3.43. The van der Waals surface area contributed by atoms with Gasteiger partial charge in [-0.1, -0.05) is 24.3 Å². The molecule has 0 saturated heterocycles. The number of hydrogen-bond acceptors (Lipinski definition) is 2. The van der Waals surface area contributed by atoms with Gasteiger partial charge < -0.3 is 9.84 Å². The summed E-state index contributed by atoms with van der Waals surface area (Å²) in [5.74, 6) is -1.33. The predicted molar refractivity (Wildman–Crippen MR) is 72.5 cm³/mol. The van der Waals surface area contributed by atoms with Crippen molar-refractivity contribution in [3.05, 3.63) is 64.7 Å². The van der Waals surface area contributed by atoms with Crippen LogP contribution in [0.2, 0.25) is 0 Å². The molecule has 0 aromatic heterocycles. The second kappa shape index (κ2) is 6.01. The maximum atomic E-state index is 13.5. The Kier molecular flexibility index (Phi) is 4.35. The van der Waals surface area contributed by atoms with Crippen LogP contribution in [-0.2, 0) is 6.61 Å². The highest BCUT2D eigenvalue weighted by atomic mass is 19.2. The van der Waals surface area contributed by atoms with E-state index >= 15 is 0 Å². The summed E-state index contributed by atoms with van der Waals surface area (Å²) in [4.78, 5) is 0. The molecule has 1 N–H and O–H groups in total. The first-order chi connectivity index (χ1) is 9.49. The summed E-state index contributed by atoms with van der Waals surface area (Å²) >= 11 is 0. The van der Waals surface area contributed by atoms with Crippen LogP contribution in [-0.4, -0.2) is 5.11 Å². The van der Waals surface area contributed by atoms with Gasteiger partial charge in [-0.05, 0) is 31.5 Å². The zero-order chi connectivity index (χ0) is 14.7. The molecule has 0 amide bonds. The molecule has 106 valence electrons. The molecule has 2 nitrogen and oxygen atoms in total. The number of ether oxygens (including phenoxy) is 1. The van der Waals surface area contributed by atoms with Crippen LogP contribution in [0.25, 0.3) is 0 Å². The van der Waals surface area contributed by atoms with E-state index in [1.807, 2.05) is 13.0 Å². The number of benzene rings is 2. The van der Waals surface area contributed by atoms with Crippen LogP contribution in [0.5, 0.6) is 5.75 Å². The van der Waals surface area contributed by atoms with E-state index in [0.717, 1.165) is 11.6 Å². The van der Waals surface area contributed by atoms with Gasteiger partial charge in [0.1, 0.15) is 12.4 Å². The summed E-state index contributed by atoms with van der Waals surface area (Å²) in [6, 6.07) is 9.35. The molecule has 2 aromatic carbocycles. The van der Waals surface area contributed by atoms with Gasteiger partial charge in [0.15, 0.2) is 11.6 Å². The van der Waals surface area contributed by atoms with E-state index in [-0.39, 0.29) is 12.2 Å². The van der Waals surface area contributed by atoms with Crippen LogP contribution in [0.15, 0.2) is 36.4 Å². The van der Waals surface area contributed by atoms with Crippen LogP contribution in [0.3, 0.4) is 0 Å². The lowest BCUT2D eigenvalue weighted by Crippen LogP contribution is -2.04. The molecule has 2 rings (SSSR count). The SMILES string of the molecule is Cc1ccc(C(C)O)c(OCc2cccc(F)c2F)c1. The van der Waals surface area contributed by atoms with Gasteiger partial charge >= 0.3 is 0 Å². The van der Waals surface area contributed by atoms with Gasteiger partial charge in [-0.3, -0.25) is 0 Å². The van der Waals surface area contributed by atoms with E-state index in [1.54, 1.807) is 19.1 Å². The first-order valence-electron chi connectivity index (χ1n) is 6.33. The molecule has 0 fully saturated rings. The molecule has 1 unspecified atom stereocenters. The van der Waals surface area contributed by atoms with Crippen molar-refractivity contribution >= 4 is 0 Å². The van der Waals surface area contributed by atoms with Crippen molar-refractivity contribution in [2.45, 2.75) is 26.6 Å². The van der Waals surface area contributed by atoms with Crippen LogP contribution >= 0.6 is 0 Å². The minimum atomic E-state index is -0.904. The fourth-order valence-corrected chi connectivity index (χ4v) is 1.93. The lowest BCUT2D eigenvalue weighted by atomic mass is 10.1. The second-order valence-corrected chi connectivity index (χ2v) is 4.72. The van der Waals surface area contributed by atoms with Crippen molar-refractivity contribution in [1.82, 2.24) is 0 Å². The van der Waals surface area contributed by atoms with Crippen molar-refractivity contribution in [2.75, 3.05) is 0 Å². The third-order valence-corrected chi connectivity index (χ3v) is 3.03. The van der Waals surface area contributed by atoms with Crippen LogP contribution < -0.4 is 4.74 Å². The molecule has 0 saturated carbocycles. The second-order valence-electron chi connectivity index (χ2n) is 4.72. The highest BCUT2D eigenvalue weighted by Gasteiger charge is 2.12. The lowest BCUT2D eigenvalue weighted by Gasteiger charge is -2.14. The third kappa shape index (κ3) is 3.14. The first kappa shape index (κ1) is 14.5. The molecule has 2 aromatic rings. The fraction of sp³-hybridized carbons (Fsp3) is 0.250. The minimum Gasteiger partial charge on any atom is -0.488 e. The van der Waals surface area contributed by atoms with Gasteiger partial charge in [0, 0.05) is 11.1 Å². The van der Waals surface area contributed by atoms with Gasteiger partial charge in [-0.2, -0.15) is 0 Å². The van der Waals surface area contributed by atoms with Gasteiger partial charge in [0.05, 0.1) is 6.10 Å². The normalized spacial score (nSPS) is 12.2. The number of aliphatic hydroxyl groups excluding tert-OH is 1. The summed E-state index contributed by atoms with van der Waals surface area (Å²) in [5.41, 5.74) is 1.72. The molecule has 0 heterocycles. The van der Waals surface area contributed by atoms with Crippen LogP contribution in [0.1, 0.15) is 29.7 Å². The quantitative estimate of drug-likeness (QED) is 0.919. The Morgan fingerprint density at radius 2 is 1.95 bits per heavy atom. The summed E-state index contributed by atoms with van der Waals surface area (Å²) in [5, 5.41) is 9.68. The number of rotatable bonds is 4. The topological polar surface area (TPSA) is 29.5 Å². The number of aliphatic hydroxyl groups is 1. The molecule has 0 aliphatic heterocycles. The van der Waals surface area contributed by atoms with Gasteiger partial charge in [0.2, 0.25) is 0 Å². The van der Waals surface area contributed by atoms with E-state index in [9.17, 15) is 13.9 Å². The van der Waals surface area contributed by atoms with Crippen molar-refractivity contribution in [1.29, 1.82) is 0 Å². The lowest BCUT2D eigenvalue weighted by molar-refractivity contribution is 0.189. The molecule has 0 spiro atoms. The van der Waals surface area contributed by atoms with Gasteiger partial charge in [0.25, 0.3) is 0 Å². The number of hydrogen-bond donors (Lipinski definition) is 1.